The second kappa shape index (κ2) is 8.91. The Hall–Kier alpha value is -1.39. The number of rotatable bonds is 7. The molecule has 4 nitrogen and oxygen atoms in total. The Balaban J connectivity index is 1.68. The normalized spacial score (nSPS) is 16.6. The molecule has 0 atom stereocenters. The fourth-order valence-corrected chi connectivity index (χ4v) is 3.00. The van der Waals surface area contributed by atoms with Gasteiger partial charge in [0.15, 0.2) is 0 Å². The Kier molecular flexibility index (Phi) is 6.87. The van der Waals surface area contributed by atoms with Gasteiger partial charge in [-0.3, -0.25) is 9.69 Å². The average molecular weight is 303 g/mol. The van der Waals surface area contributed by atoms with Crippen molar-refractivity contribution in [3.05, 3.63) is 35.9 Å². The number of carbonyl (C=O) groups excluding carboxylic acids is 1. The molecule has 1 aliphatic rings. The molecule has 0 aliphatic carbocycles. The summed E-state index contributed by atoms with van der Waals surface area (Å²) in [7, 11) is 0. The van der Waals surface area contributed by atoms with Crippen LogP contribution in [-0.2, 0) is 11.3 Å². The van der Waals surface area contributed by atoms with Crippen molar-refractivity contribution in [3.8, 4) is 0 Å². The maximum Gasteiger partial charge on any atom is 0.223 e. The van der Waals surface area contributed by atoms with Crippen molar-refractivity contribution in [2.45, 2.75) is 26.8 Å². The molecule has 0 saturated carbocycles. The number of piperazine rings is 1. The summed E-state index contributed by atoms with van der Waals surface area (Å²) in [6.07, 6.45) is 0.653. The first-order valence-electron chi connectivity index (χ1n) is 8.49. The summed E-state index contributed by atoms with van der Waals surface area (Å²) in [5, 5.41) is 0. The van der Waals surface area contributed by atoms with Gasteiger partial charge in [-0.2, -0.15) is 0 Å². The Morgan fingerprint density at radius 3 is 2.18 bits per heavy atom. The van der Waals surface area contributed by atoms with E-state index in [0.717, 1.165) is 52.4 Å². The second-order valence-electron chi connectivity index (χ2n) is 5.92. The van der Waals surface area contributed by atoms with E-state index in [1.165, 1.54) is 5.56 Å². The molecule has 1 aromatic carbocycles. The summed E-state index contributed by atoms with van der Waals surface area (Å²) in [5.41, 5.74) is 1.38. The molecule has 22 heavy (non-hydrogen) atoms. The van der Waals surface area contributed by atoms with Crippen LogP contribution in [0.2, 0.25) is 0 Å². The topological polar surface area (TPSA) is 26.8 Å². The van der Waals surface area contributed by atoms with Crippen LogP contribution in [0.4, 0.5) is 0 Å². The minimum Gasteiger partial charge on any atom is -0.343 e. The lowest BCUT2D eigenvalue weighted by atomic mass is 10.2. The van der Waals surface area contributed by atoms with E-state index in [1.54, 1.807) is 0 Å². The van der Waals surface area contributed by atoms with Crippen molar-refractivity contribution in [1.82, 2.24) is 14.7 Å². The maximum atomic E-state index is 12.0. The van der Waals surface area contributed by atoms with E-state index in [9.17, 15) is 4.79 Å². The lowest BCUT2D eigenvalue weighted by Gasteiger charge is -2.35. The minimum absolute atomic E-state index is 0.289. The third kappa shape index (κ3) is 5.11. The molecule has 1 amide bonds. The summed E-state index contributed by atoms with van der Waals surface area (Å²) in [5.74, 6) is 0.289. The van der Waals surface area contributed by atoms with Gasteiger partial charge in [0, 0.05) is 58.8 Å². The fraction of sp³-hybridized carbons (Fsp3) is 0.611. The molecule has 1 aliphatic heterocycles. The summed E-state index contributed by atoms with van der Waals surface area (Å²) >= 11 is 0. The Morgan fingerprint density at radius 1 is 1.00 bits per heavy atom. The van der Waals surface area contributed by atoms with E-state index in [2.05, 4.69) is 40.1 Å². The molecule has 1 heterocycles. The molecule has 1 fully saturated rings. The van der Waals surface area contributed by atoms with Gasteiger partial charge in [0.2, 0.25) is 5.91 Å². The minimum atomic E-state index is 0.289. The highest BCUT2D eigenvalue weighted by Crippen LogP contribution is 2.09. The van der Waals surface area contributed by atoms with Crippen LogP contribution in [-0.4, -0.2) is 66.4 Å². The predicted molar refractivity (Wildman–Crippen MR) is 90.7 cm³/mol. The van der Waals surface area contributed by atoms with Gasteiger partial charge < -0.3 is 9.80 Å². The Bertz CT molecular complexity index is 437. The van der Waals surface area contributed by atoms with Crippen molar-refractivity contribution in [1.29, 1.82) is 0 Å². The third-order valence-electron chi connectivity index (χ3n) is 4.47. The van der Waals surface area contributed by atoms with Crippen molar-refractivity contribution in [2.24, 2.45) is 0 Å². The van der Waals surface area contributed by atoms with E-state index in [-0.39, 0.29) is 5.91 Å². The van der Waals surface area contributed by atoms with E-state index in [0.29, 0.717) is 6.42 Å². The average Bonchev–Trinajstić information content (AvgIpc) is 2.56. The molecule has 0 aromatic heterocycles. The van der Waals surface area contributed by atoms with Crippen molar-refractivity contribution in [3.63, 3.8) is 0 Å². The molecule has 0 bridgehead atoms. The number of carbonyl (C=O) groups is 1. The first kappa shape index (κ1) is 17.0. The van der Waals surface area contributed by atoms with Crippen molar-refractivity contribution >= 4 is 5.91 Å². The molecule has 1 saturated heterocycles. The largest absolute Gasteiger partial charge is 0.343 e. The van der Waals surface area contributed by atoms with Crippen LogP contribution in [0.5, 0.6) is 0 Å². The Morgan fingerprint density at radius 2 is 1.59 bits per heavy atom. The molecule has 4 heteroatoms. The molecule has 0 N–H and O–H groups in total. The highest BCUT2D eigenvalue weighted by atomic mass is 16.2. The maximum absolute atomic E-state index is 12.0. The summed E-state index contributed by atoms with van der Waals surface area (Å²) < 4.78 is 0. The Labute approximate surface area is 134 Å². The van der Waals surface area contributed by atoms with Gasteiger partial charge in [0.25, 0.3) is 0 Å². The molecule has 1 aromatic rings. The van der Waals surface area contributed by atoms with Gasteiger partial charge in [-0.05, 0) is 19.4 Å². The monoisotopic (exact) mass is 303 g/mol. The molecule has 0 radical (unpaired) electrons. The zero-order valence-electron chi connectivity index (χ0n) is 14.0. The number of hydrogen-bond donors (Lipinski definition) is 0. The first-order chi connectivity index (χ1) is 10.7. The quantitative estimate of drug-likeness (QED) is 0.771. The lowest BCUT2D eigenvalue weighted by Crippen LogP contribution is -2.46. The standard InChI is InChI=1S/C18H29N3O/c1-3-21(4-2)18(22)10-11-19-12-14-20(15-13-19)16-17-8-6-5-7-9-17/h5-9H,3-4,10-16H2,1-2H3. The molecular weight excluding hydrogens is 274 g/mol. The van der Waals surface area contributed by atoms with Crippen LogP contribution >= 0.6 is 0 Å². The van der Waals surface area contributed by atoms with Crippen LogP contribution in [0.3, 0.4) is 0 Å². The molecule has 122 valence electrons. The smallest absolute Gasteiger partial charge is 0.223 e. The van der Waals surface area contributed by atoms with E-state index >= 15 is 0 Å². The van der Waals surface area contributed by atoms with E-state index in [1.807, 2.05) is 18.7 Å². The SMILES string of the molecule is CCN(CC)C(=O)CCN1CCN(Cc2ccccc2)CC1. The summed E-state index contributed by atoms with van der Waals surface area (Å²) in [6.45, 7) is 12.0. The molecule has 0 unspecified atom stereocenters. The van der Waals surface area contributed by atoms with Gasteiger partial charge in [0.05, 0.1) is 0 Å². The van der Waals surface area contributed by atoms with Crippen molar-refractivity contribution in [2.75, 3.05) is 45.8 Å². The van der Waals surface area contributed by atoms with Crippen LogP contribution < -0.4 is 0 Å². The zero-order chi connectivity index (χ0) is 15.8. The number of amides is 1. The van der Waals surface area contributed by atoms with Gasteiger partial charge in [-0.25, -0.2) is 0 Å². The molecule has 2 rings (SSSR count). The van der Waals surface area contributed by atoms with E-state index in [4.69, 9.17) is 0 Å². The first-order valence-corrected chi connectivity index (χ1v) is 8.49. The fourth-order valence-electron chi connectivity index (χ4n) is 3.00. The highest BCUT2D eigenvalue weighted by Gasteiger charge is 2.18. The predicted octanol–water partition coefficient (Wildman–Crippen LogP) is 2.06. The number of hydrogen-bond acceptors (Lipinski definition) is 3. The molecular formula is C18H29N3O. The number of benzene rings is 1. The van der Waals surface area contributed by atoms with E-state index < -0.39 is 0 Å². The van der Waals surface area contributed by atoms with Gasteiger partial charge >= 0.3 is 0 Å². The zero-order valence-corrected chi connectivity index (χ0v) is 14.0. The van der Waals surface area contributed by atoms with Crippen LogP contribution in [0.1, 0.15) is 25.8 Å². The van der Waals surface area contributed by atoms with Crippen LogP contribution in [0.25, 0.3) is 0 Å². The van der Waals surface area contributed by atoms with Gasteiger partial charge in [-0.15, -0.1) is 0 Å². The van der Waals surface area contributed by atoms with Gasteiger partial charge in [-0.1, -0.05) is 30.3 Å². The van der Waals surface area contributed by atoms with Crippen LogP contribution in [0.15, 0.2) is 30.3 Å². The number of nitrogens with zero attached hydrogens (tertiary/aromatic N) is 3. The second-order valence-corrected chi connectivity index (χ2v) is 5.92. The molecule has 0 spiro atoms. The third-order valence-corrected chi connectivity index (χ3v) is 4.47. The highest BCUT2D eigenvalue weighted by molar-refractivity contribution is 5.76. The lowest BCUT2D eigenvalue weighted by molar-refractivity contribution is -0.131. The van der Waals surface area contributed by atoms with Crippen LogP contribution in [0, 0.1) is 0 Å². The van der Waals surface area contributed by atoms with Gasteiger partial charge in [0.1, 0.15) is 0 Å². The summed E-state index contributed by atoms with van der Waals surface area (Å²) in [6, 6.07) is 10.6. The van der Waals surface area contributed by atoms with Crippen molar-refractivity contribution < 1.29 is 4.79 Å². The summed E-state index contributed by atoms with van der Waals surface area (Å²) in [4.78, 5) is 18.9.